The van der Waals surface area contributed by atoms with Gasteiger partial charge in [-0.1, -0.05) is 29.8 Å². The molecule has 106 valence electrons. The van der Waals surface area contributed by atoms with Gasteiger partial charge < -0.3 is 10.1 Å². The van der Waals surface area contributed by atoms with Gasteiger partial charge in [-0.25, -0.2) is 0 Å². The molecule has 1 N–H and O–H groups in total. The molecule has 0 radical (unpaired) electrons. The van der Waals surface area contributed by atoms with Crippen LogP contribution in [-0.4, -0.2) is 19.6 Å². The third-order valence-electron chi connectivity index (χ3n) is 3.03. The Balaban J connectivity index is 2.00. The lowest BCUT2D eigenvalue weighted by atomic mass is 10.1. The number of carbonyl (C=O) groups is 1. The fourth-order valence-corrected chi connectivity index (χ4v) is 3.05. The highest BCUT2D eigenvalue weighted by Gasteiger charge is 2.15. The lowest BCUT2D eigenvalue weighted by molar-refractivity contribution is 0.0837. The van der Waals surface area contributed by atoms with Crippen molar-refractivity contribution in [2.45, 2.75) is 13.0 Å². The second-order valence-corrected chi connectivity index (χ2v) is 6.14. The molecule has 0 saturated carbocycles. The number of rotatable bonds is 5. The van der Waals surface area contributed by atoms with Gasteiger partial charge in [-0.05, 0) is 30.7 Å². The molecule has 0 aliphatic carbocycles. The molecule has 1 heterocycles. The van der Waals surface area contributed by atoms with Gasteiger partial charge in [-0.3, -0.25) is 4.79 Å². The molecule has 5 heteroatoms. The molecule has 0 bridgehead atoms. The summed E-state index contributed by atoms with van der Waals surface area (Å²) in [6.07, 6.45) is -0.180. The van der Waals surface area contributed by atoms with E-state index in [4.69, 9.17) is 16.3 Å². The van der Waals surface area contributed by atoms with Crippen molar-refractivity contribution in [3.05, 3.63) is 56.7 Å². The van der Waals surface area contributed by atoms with E-state index in [9.17, 15) is 4.79 Å². The minimum absolute atomic E-state index is 0.0900. The summed E-state index contributed by atoms with van der Waals surface area (Å²) in [7, 11) is 1.62. The van der Waals surface area contributed by atoms with E-state index in [1.54, 1.807) is 7.11 Å². The Bertz CT molecular complexity index is 597. The number of halogens is 1. The van der Waals surface area contributed by atoms with Crippen LogP contribution in [0.2, 0.25) is 4.34 Å². The molecule has 0 aliphatic rings. The highest BCUT2D eigenvalue weighted by molar-refractivity contribution is 7.16. The van der Waals surface area contributed by atoms with Gasteiger partial charge in [-0.2, -0.15) is 0 Å². The molecule has 2 aromatic rings. The first kappa shape index (κ1) is 15.0. The quantitative estimate of drug-likeness (QED) is 0.911. The largest absolute Gasteiger partial charge is 0.374 e. The highest BCUT2D eigenvalue weighted by atomic mass is 35.5. The van der Waals surface area contributed by atoms with Crippen molar-refractivity contribution in [1.29, 1.82) is 0 Å². The monoisotopic (exact) mass is 309 g/mol. The van der Waals surface area contributed by atoms with Gasteiger partial charge in [0.15, 0.2) is 0 Å². The number of benzene rings is 1. The number of aryl methyl sites for hydroxylation is 1. The first-order chi connectivity index (χ1) is 9.61. The Morgan fingerprint density at radius 1 is 1.35 bits per heavy atom. The Labute approximate surface area is 127 Å². The van der Waals surface area contributed by atoms with E-state index in [1.807, 2.05) is 43.3 Å². The van der Waals surface area contributed by atoms with Crippen LogP contribution in [-0.2, 0) is 4.74 Å². The summed E-state index contributed by atoms with van der Waals surface area (Å²) in [6.45, 7) is 2.34. The van der Waals surface area contributed by atoms with Crippen LogP contribution in [0.3, 0.4) is 0 Å². The Kier molecular flexibility index (Phi) is 5.17. The molecule has 0 aliphatic heterocycles. The molecule has 0 fully saturated rings. The molecule has 0 unspecified atom stereocenters. The van der Waals surface area contributed by atoms with E-state index >= 15 is 0 Å². The zero-order valence-electron chi connectivity index (χ0n) is 11.4. The molecule has 0 spiro atoms. The lowest BCUT2D eigenvalue weighted by Gasteiger charge is -2.15. The van der Waals surface area contributed by atoms with Crippen LogP contribution in [0.4, 0.5) is 0 Å². The normalized spacial score (nSPS) is 12.2. The van der Waals surface area contributed by atoms with E-state index in [1.165, 1.54) is 11.3 Å². The number of ether oxygens (including phenoxy) is 1. The number of hydrogen-bond acceptors (Lipinski definition) is 3. The van der Waals surface area contributed by atoms with Crippen molar-refractivity contribution in [3.8, 4) is 0 Å². The zero-order valence-corrected chi connectivity index (χ0v) is 12.9. The van der Waals surface area contributed by atoms with Crippen LogP contribution in [0, 0.1) is 6.92 Å². The average Bonchev–Trinajstić information content (AvgIpc) is 2.86. The predicted octanol–water partition coefficient (Wildman–Crippen LogP) is 3.83. The van der Waals surface area contributed by atoms with Crippen molar-refractivity contribution in [3.63, 3.8) is 0 Å². The summed E-state index contributed by atoms with van der Waals surface area (Å²) in [6, 6.07) is 11.3. The predicted molar refractivity (Wildman–Crippen MR) is 82.6 cm³/mol. The van der Waals surface area contributed by atoms with Crippen molar-refractivity contribution in [2.75, 3.05) is 13.7 Å². The minimum atomic E-state index is -0.180. The van der Waals surface area contributed by atoms with Crippen molar-refractivity contribution in [1.82, 2.24) is 5.32 Å². The number of methoxy groups -OCH3 is 1. The fourth-order valence-electron chi connectivity index (χ4n) is 1.91. The second kappa shape index (κ2) is 6.88. The molecular weight excluding hydrogens is 294 g/mol. The van der Waals surface area contributed by atoms with E-state index in [-0.39, 0.29) is 12.0 Å². The highest BCUT2D eigenvalue weighted by Crippen LogP contribution is 2.28. The maximum Gasteiger partial charge on any atom is 0.251 e. The first-order valence-corrected chi connectivity index (χ1v) is 7.43. The topological polar surface area (TPSA) is 38.3 Å². The van der Waals surface area contributed by atoms with Crippen LogP contribution in [0.15, 0.2) is 36.4 Å². The Morgan fingerprint density at radius 2 is 2.10 bits per heavy atom. The molecule has 3 nitrogen and oxygen atoms in total. The van der Waals surface area contributed by atoms with Gasteiger partial charge in [0.05, 0.1) is 4.34 Å². The Hall–Kier alpha value is -1.36. The first-order valence-electron chi connectivity index (χ1n) is 6.23. The van der Waals surface area contributed by atoms with Gasteiger partial charge in [-0.15, -0.1) is 11.3 Å². The van der Waals surface area contributed by atoms with Crippen LogP contribution in [0.1, 0.15) is 26.9 Å². The minimum Gasteiger partial charge on any atom is -0.374 e. The molecule has 1 aromatic heterocycles. The van der Waals surface area contributed by atoms with Gasteiger partial charge >= 0.3 is 0 Å². The molecule has 2 rings (SSSR count). The second-order valence-electron chi connectivity index (χ2n) is 4.39. The van der Waals surface area contributed by atoms with E-state index < -0.39 is 0 Å². The van der Waals surface area contributed by atoms with Crippen LogP contribution >= 0.6 is 22.9 Å². The third-order valence-corrected chi connectivity index (χ3v) is 4.36. The number of thiophene rings is 1. The SMILES string of the molecule is CO[C@@H](CNC(=O)c1ccccc1C)c1ccc(Cl)s1. The lowest BCUT2D eigenvalue weighted by Crippen LogP contribution is -2.29. The number of nitrogens with one attached hydrogen (secondary N) is 1. The van der Waals surface area contributed by atoms with Crippen LogP contribution in [0.5, 0.6) is 0 Å². The van der Waals surface area contributed by atoms with Gasteiger partial charge in [0, 0.05) is 24.1 Å². The summed E-state index contributed by atoms with van der Waals surface area (Å²) >= 11 is 7.38. The average molecular weight is 310 g/mol. The summed E-state index contributed by atoms with van der Waals surface area (Å²) in [4.78, 5) is 13.1. The van der Waals surface area contributed by atoms with Crippen molar-refractivity contribution < 1.29 is 9.53 Å². The third kappa shape index (κ3) is 3.60. The molecule has 1 amide bonds. The summed E-state index contributed by atoms with van der Waals surface area (Å²) in [5, 5.41) is 2.90. The summed E-state index contributed by atoms with van der Waals surface area (Å²) < 4.78 is 6.12. The van der Waals surface area contributed by atoms with Gasteiger partial charge in [0.1, 0.15) is 6.10 Å². The molecular formula is C15H16ClNO2S. The smallest absolute Gasteiger partial charge is 0.251 e. The van der Waals surface area contributed by atoms with Crippen molar-refractivity contribution in [2.24, 2.45) is 0 Å². The van der Waals surface area contributed by atoms with Gasteiger partial charge in [0.2, 0.25) is 0 Å². The standard InChI is InChI=1S/C15H16ClNO2S/c1-10-5-3-4-6-11(10)15(18)17-9-12(19-2)13-7-8-14(16)20-13/h3-8,12H,9H2,1-2H3,(H,17,18)/t12-/m0/s1. The van der Waals surface area contributed by atoms with Crippen LogP contribution in [0.25, 0.3) is 0 Å². The Morgan fingerprint density at radius 3 is 2.70 bits per heavy atom. The number of carbonyl (C=O) groups excluding carboxylic acids is 1. The van der Waals surface area contributed by atoms with Crippen molar-refractivity contribution >= 4 is 28.8 Å². The number of amides is 1. The maximum absolute atomic E-state index is 12.1. The van der Waals surface area contributed by atoms with Crippen LogP contribution < -0.4 is 5.32 Å². The molecule has 20 heavy (non-hydrogen) atoms. The van der Waals surface area contributed by atoms with Gasteiger partial charge in [0.25, 0.3) is 5.91 Å². The molecule has 1 aromatic carbocycles. The molecule has 0 saturated heterocycles. The van der Waals surface area contributed by atoms with E-state index in [2.05, 4.69) is 5.32 Å². The zero-order chi connectivity index (χ0) is 14.5. The summed E-state index contributed by atoms with van der Waals surface area (Å²) in [5.41, 5.74) is 1.64. The van der Waals surface area contributed by atoms with E-state index in [0.29, 0.717) is 16.4 Å². The maximum atomic E-state index is 12.1. The fraction of sp³-hybridized carbons (Fsp3) is 0.267. The van der Waals surface area contributed by atoms with E-state index in [0.717, 1.165) is 10.4 Å². The number of hydrogen-bond donors (Lipinski definition) is 1. The molecule has 1 atom stereocenters. The summed E-state index contributed by atoms with van der Waals surface area (Å²) in [5.74, 6) is -0.0900.